The number of hydrogen-bond acceptors (Lipinski definition) is 4. The number of rotatable bonds is 4. The predicted octanol–water partition coefficient (Wildman–Crippen LogP) is 4.57. The smallest absolute Gasteiger partial charge is 0.410 e. The Morgan fingerprint density at radius 1 is 1.48 bits per heavy atom. The zero-order valence-electron chi connectivity index (χ0n) is 15.0. The summed E-state index contributed by atoms with van der Waals surface area (Å²) in [6.07, 6.45) is 1.21. The molecular weight excluding hydrogens is 340 g/mol. The number of benzene rings is 1. The average Bonchev–Trinajstić information content (AvgIpc) is 2.54. The van der Waals surface area contributed by atoms with Crippen molar-refractivity contribution in [2.75, 3.05) is 19.7 Å². The van der Waals surface area contributed by atoms with Crippen LogP contribution in [0.4, 0.5) is 4.79 Å². The Balaban J connectivity index is 2.14. The van der Waals surface area contributed by atoms with Gasteiger partial charge in [-0.25, -0.2) is 4.79 Å². The van der Waals surface area contributed by atoms with Crippen LogP contribution in [0, 0.1) is 17.2 Å². The second-order valence-electron chi connectivity index (χ2n) is 7.27. The highest BCUT2D eigenvalue weighted by molar-refractivity contribution is 6.30. The van der Waals surface area contributed by atoms with Crippen molar-refractivity contribution in [3.05, 3.63) is 34.9 Å². The molecule has 0 saturated carbocycles. The summed E-state index contributed by atoms with van der Waals surface area (Å²) in [6.45, 7) is 6.79. The Kier molecular flexibility index (Phi) is 6.69. The third kappa shape index (κ3) is 5.91. The summed E-state index contributed by atoms with van der Waals surface area (Å²) < 4.78 is 11.3. The van der Waals surface area contributed by atoms with Gasteiger partial charge in [0, 0.05) is 24.0 Å². The van der Waals surface area contributed by atoms with Gasteiger partial charge in [0.1, 0.15) is 12.2 Å². The Morgan fingerprint density at radius 3 is 2.88 bits per heavy atom. The minimum atomic E-state index is -0.520. The van der Waals surface area contributed by atoms with E-state index in [4.69, 9.17) is 26.3 Å². The second-order valence-corrected chi connectivity index (χ2v) is 7.71. The molecule has 0 aliphatic carbocycles. The lowest BCUT2D eigenvalue weighted by Gasteiger charge is -2.37. The molecule has 0 bridgehead atoms. The van der Waals surface area contributed by atoms with Crippen molar-refractivity contribution < 1.29 is 14.3 Å². The van der Waals surface area contributed by atoms with E-state index < -0.39 is 5.60 Å². The molecule has 1 aromatic rings. The molecule has 2 rings (SSSR count). The molecule has 0 radical (unpaired) electrons. The van der Waals surface area contributed by atoms with E-state index in [9.17, 15) is 4.79 Å². The van der Waals surface area contributed by atoms with Crippen molar-refractivity contribution >= 4 is 17.7 Å². The topological polar surface area (TPSA) is 62.6 Å². The fourth-order valence-corrected chi connectivity index (χ4v) is 3.26. The normalized spacial score (nSPS) is 19.2. The van der Waals surface area contributed by atoms with E-state index in [1.165, 1.54) is 0 Å². The molecule has 6 heteroatoms. The number of ether oxygens (including phenoxy) is 2. The summed E-state index contributed by atoms with van der Waals surface area (Å²) in [5.74, 6) is 0.0908. The molecule has 1 amide bonds. The van der Waals surface area contributed by atoms with Gasteiger partial charge in [-0.3, -0.25) is 0 Å². The third-order valence-electron chi connectivity index (χ3n) is 4.04. The SMILES string of the molecule is CC(C)(C)OC(=O)N1CCCC(C(OCC#N)c2cccc(Cl)c2)C1. The van der Waals surface area contributed by atoms with Crippen molar-refractivity contribution in [3.8, 4) is 6.07 Å². The van der Waals surface area contributed by atoms with Gasteiger partial charge in [0.15, 0.2) is 0 Å². The van der Waals surface area contributed by atoms with E-state index in [0.717, 1.165) is 18.4 Å². The van der Waals surface area contributed by atoms with Crippen LogP contribution in [0.1, 0.15) is 45.3 Å². The average molecular weight is 365 g/mol. The molecule has 2 unspecified atom stereocenters. The van der Waals surface area contributed by atoms with E-state index in [0.29, 0.717) is 18.1 Å². The molecule has 1 aliphatic heterocycles. The standard InChI is InChI=1S/C19H25ClN2O3/c1-19(2,3)25-18(23)22-10-5-7-15(13-22)17(24-11-9-21)14-6-4-8-16(20)12-14/h4,6,8,12,15,17H,5,7,10-11,13H2,1-3H3. The number of halogens is 1. The molecular formula is C19H25ClN2O3. The maximum absolute atomic E-state index is 12.4. The first-order valence-corrected chi connectivity index (χ1v) is 8.90. The minimum absolute atomic E-state index is 0.000117. The Labute approximate surface area is 154 Å². The van der Waals surface area contributed by atoms with E-state index in [-0.39, 0.29) is 24.7 Å². The van der Waals surface area contributed by atoms with Gasteiger partial charge in [-0.2, -0.15) is 5.26 Å². The van der Waals surface area contributed by atoms with E-state index in [2.05, 4.69) is 0 Å². The molecule has 5 nitrogen and oxygen atoms in total. The minimum Gasteiger partial charge on any atom is -0.444 e. The quantitative estimate of drug-likeness (QED) is 0.785. The number of carbonyl (C=O) groups is 1. The summed E-state index contributed by atoms with van der Waals surface area (Å²) in [7, 11) is 0. The van der Waals surface area contributed by atoms with Crippen LogP contribution in [-0.4, -0.2) is 36.3 Å². The van der Waals surface area contributed by atoms with Crippen LogP contribution >= 0.6 is 11.6 Å². The molecule has 0 N–H and O–H groups in total. The van der Waals surface area contributed by atoms with Crippen molar-refractivity contribution in [2.45, 2.75) is 45.3 Å². The Hall–Kier alpha value is -1.77. The van der Waals surface area contributed by atoms with E-state index >= 15 is 0 Å². The lowest BCUT2D eigenvalue weighted by atomic mass is 9.88. The van der Waals surface area contributed by atoms with Crippen LogP contribution in [0.25, 0.3) is 0 Å². The van der Waals surface area contributed by atoms with Crippen LogP contribution in [0.15, 0.2) is 24.3 Å². The van der Waals surface area contributed by atoms with Gasteiger partial charge in [-0.15, -0.1) is 0 Å². The molecule has 0 spiro atoms. The number of carbonyl (C=O) groups excluding carboxylic acids is 1. The molecule has 1 aliphatic rings. The van der Waals surface area contributed by atoms with Crippen LogP contribution in [0.5, 0.6) is 0 Å². The van der Waals surface area contributed by atoms with E-state index in [1.54, 1.807) is 11.0 Å². The molecule has 136 valence electrons. The van der Waals surface area contributed by atoms with Crippen molar-refractivity contribution in [1.82, 2.24) is 4.90 Å². The molecule has 0 aromatic heterocycles. The number of amides is 1. The Morgan fingerprint density at radius 2 is 2.24 bits per heavy atom. The van der Waals surface area contributed by atoms with Gasteiger partial charge in [0.05, 0.1) is 12.2 Å². The first kappa shape index (κ1) is 19.6. The Bertz CT molecular complexity index is 636. The van der Waals surface area contributed by atoms with Crippen LogP contribution in [0.3, 0.4) is 0 Å². The number of nitriles is 1. The largest absolute Gasteiger partial charge is 0.444 e. The van der Waals surface area contributed by atoms with Gasteiger partial charge >= 0.3 is 6.09 Å². The maximum atomic E-state index is 12.4. The summed E-state index contributed by atoms with van der Waals surface area (Å²) in [5, 5.41) is 9.52. The zero-order valence-corrected chi connectivity index (χ0v) is 15.8. The second kappa shape index (κ2) is 8.55. The number of nitrogens with zero attached hydrogens (tertiary/aromatic N) is 2. The van der Waals surface area contributed by atoms with Crippen LogP contribution in [0.2, 0.25) is 5.02 Å². The lowest BCUT2D eigenvalue weighted by molar-refractivity contribution is -0.0165. The lowest BCUT2D eigenvalue weighted by Crippen LogP contribution is -2.44. The molecule has 1 saturated heterocycles. The third-order valence-corrected chi connectivity index (χ3v) is 4.28. The summed E-state index contributed by atoms with van der Waals surface area (Å²) in [5.41, 5.74) is 0.409. The van der Waals surface area contributed by atoms with E-state index in [1.807, 2.05) is 45.0 Å². The first-order valence-electron chi connectivity index (χ1n) is 8.52. The fourth-order valence-electron chi connectivity index (χ4n) is 3.06. The zero-order chi connectivity index (χ0) is 18.4. The molecule has 2 atom stereocenters. The van der Waals surface area contributed by atoms with Crippen molar-refractivity contribution in [1.29, 1.82) is 5.26 Å². The summed E-state index contributed by atoms with van der Waals surface area (Å²) in [4.78, 5) is 14.1. The van der Waals surface area contributed by atoms with Gasteiger partial charge in [-0.05, 0) is 51.3 Å². The van der Waals surface area contributed by atoms with Gasteiger partial charge in [0.2, 0.25) is 0 Å². The monoisotopic (exact) mass is 364 g/mol. The van der Waals surface area contributed by atoms with Gasteiger partial charge < -0.3 is 14.4 Å². The van der Waals surface area contributed by atoms with Crippen molar-refractivity contribution in [2.24, 2.45) is 5.92 Å². The number of piperidine rings is 1. The number of hydrogen-bond donors (Lipinski definition) is 0. The number of likely N-dealkylation sites (tertiary alicyclic amines) is 1. The van der Waals surface area contributed by atoms with Gasteiger partial charge in [0.25, 0.3) is 0 Å². The van der Waals surface area contributed by atoms with Crippen LogP contribution in [-0.2, 0) is 9.47 Å². The highest BCUT2D eigenvalue weighted by Crippen LogP contribution is 2.34. The fraction of sp³-hybridized carbons (Fsp3) is 0.579. The first-order chi connectivity index (χ1) is 11.8. The predicted molar refractivity (Wildman–Crippen MR) is 96.3 cm³/mol. The summed E-state index contributed by atoms with van der Waals surface area (Å²) in [6, 6.07) is 9.50. The molecule has 1 heterocycles. The summed E-state index contributed by atoms with van der Waals surface area (Å²) >= 11 is 6.11. The maximum Gasteiger partial charge on any atom is 0.410 e. The molecule has 1 fully saturated rings. The highest BCUT2D eigenvalue weighted by Gasteiger charge is 2.33. The van der Waals surface area contributed by atoms with Gasteiger partial charge in [-0.1, -0.05) is 23.7 Å². The van der Waals surface area contributed by atoms with Crippen LogP contribution < -0.4 is 0 Å². The van der Waals surface area contributed by atoms with Crippen molar-refractivity contribution in [3.63, 3.8) is 0 Å². The molecule has 25 heavy (non-hydrogen) atoms. The molecule has 1 aromatic carbocycles. The highest BCUT2D eigenvalue weighted by atomic mass is 35.5.